The molecule has 0 radical (unpaired) electrons. The number of benzene rings is 1. The van der Waals surface area contributed by atoms with Crippen LogP contribution in [0.3, 0.4) is 0 Å². The van der Waals surface area contributed by atoms with Gasteiger partial charge in [0.2, 0.25) is 0 Å². The van der Waals surface area contributed by atoms with Crippen LogP contribution in [-0.4, -0.2) is 23.1 Å². The molecule has 1 aromatic carbocycles. The number of rotatable bonds is 6. The van der Waals surface area contributed by atoms with Crippen LogP contribution in [0.25, 0.3) is 0 Å². The van der Waals surface area contributed by atoms with Crippen LogP contribution >= 0.6 is 0 Å². The minimum absolute atomic E-state index is 0.103. The van der Waals surface area contributed by atoms with Gasteiger partial charge in [-0.3, -0.25) is 0 Å². The number of carboxylic acids is 1. The van der Waals surface area contributed by atoms with E-state index < -0.39 is 5.97 Å². The number of hydrogen-bond donors (Lipinski definition) is 3. The standard InChI is InChI=1S/C16H24N2O3/c1-10(2)5-6-12(4)17-16(21)18-14-8-7-13(15(19)20)9-11(14)3/h7-10,12H,5-6H2,1-4H3,(H,19,20)(H2,17,18,21). The van der Waals surface area contributed by atoms with Gasteiger partial charge in [-0.2, -0.15) is 0 Å². The number of amides is 2. The van der Waals surface area contributed by atoms with Crippen LogP contribution in [0.1, 0.15) is 49.5 Å². The zero-order chi connectivity index (χ0) is 16.0. The van der Waals surface area contributed by atoms with E-state index in [1.165, 1.54) is 6.07 Å². The van der Waals surface area contributed by atoms with E-state index in [1.54, 1.807) is 19.1 Å². The van der Waals surface area contributed by atoms with E-state index in [0.717, 1.165) is 18.4 Å². The molecule has 116 valence electrons. The van der Waals surface area contributed by atoms with Crippen LogP contribution in [0.15, 0.2) is 18.2 Å². The molecule has 0 saturated carbocycles. The van der Waals surface area contributed by atoms with Gasteiger partial charge in [0.1, 0.15) is 0 Å². The lowest BCUT2D eigenvalue weighted by atomic mass is 10.0. The molecule has 0 aliphatic rings. The maximum absolute atomic E-state index is 11.9. The molecule has 1 aromatic rings. The molecule has 0 aliphatic carbocycles. The predicted molar refractivity (Wildman–Crippen MR) is 83.8 cm³/mol. The summed E-state index contributed by atoms with van der Waals surface area (Å²) in [6.45, 7) is 8.05. The second-order valence-electron chi connectivity index (χ2n) is 5.81. The summed E-state index contributed by atoms with van der Waals surface area (Å²) in [4.78, 5) is 22.8. The lowest BCUT2D eigenvalue weighted by Crippen LogP contribution is -2.36. The van der Waals surface area contributed by atoms with Gasteiger partial charge in [0.25, 0.3) is 0 Å². The summed E-state index contributed by atoms with van der Waals surface area (Å²) in [5.74, 6) is -0.362. The third-order valence-corrected chi connectivity index (χ3v) is 3.28. The van der Waals surface area contributed by atoms with Crippen LogP contribution in [0, 0.1) is 12.8 Å². The Hall–Kier alpha value is -2.04. The number of hydrogen-bond acceptors (Lipinski definition) is 2. The van der Waals surface area contributed by atoms with Crippen molar-refractivity contribution in [2.45, 2.75) is 46.6 Å². The Bertz CT molecular complexity index is 512. The Labute approximate surface area is 125 Å². The summed E-state index contributed by atoms with van der Waals surface area (Å²) in [7, 11) is 0. The highest BCUT2D eigenvalue weighted by Gasteiger charge is 2.11. The molecule has 21 heavy (non-hydrogen) atoms. The zero-order valence-corrected chi connectivity index (χ0v) is 13.1. The van der Waals surface area contributed by atoms with Gasteiger partial charge in [-0.05, 0) is 56.4 Å². The summed E-state index contributed by atoms with van der Waals surface area (Å²) >= 11 is 0. The molecule has 1 atom stereocenters. The molecule has 0 heterocycles. The molecular weight excluding hydrogens is 268 g/mol. The Morgan fingerprint density at radius 3 is 2.38 bits per heavy atom. The molecule has 0 aromatic heterocycles. The molecule has 0 saturated heterocycles. The van der Waals surface area contributed by atoms with Crippen LogP contribution in [-0.2, 0) is 0 Å². The van der Waals surface area contributed by atoms with Crippen molar-refractivity contribution in [3.05, 3.63) is 29.3 Å². The van der Waals surface area contributed by atoms with Crippen molar-refractivity contribution < 1.29 is 14.7 Å². The molecule has 1 unspecified atom stereocenters. The van der Waals surface area contributed by atoms with Crippen molar-refractivity contribution in [3.63, 3.8) is 0 Å². The molecule has 0 aliphatic heterocycles. The minimum Gasteiger partial charge on any atom is -0.478 e. The smallest absolute Gasteiger partial charge is 0.335 e. The summed E-state index contributed by atoms with van der Waals surface area (Å²) in [6, 6.07) is 4.47. The van der Waals surface area contributed by atoms with E-state index in [0.29, 0.717) is 11.6 Å². The van der Waals surface area contributed by atoms with Gasteiger partial charge < -0.3 is 15.7 Å². The topological polar surface area (TPSA) is 78.4 Å². The number of carboxylic acid groups (broad SMARTS) is 1. The van der Waals surface area contributed by atoms with Crippen molar-refractivity contribution in [2.24, 2.45) is 5.92 Å². The molecule has 3 N–H and O–H groups in total. The third-order valence-electron chi connectivity index (χ3n) is 3.28. The average molecular weight is 292 g/mol. The SMILES string of the molecule is Cc1cc(C(=O)O)ccc1NC(=O)NC(C)CCC(C)C. The maximum atomic E-state index is 11.9. The molecule has 0 bridgehead atoms. The van der Waals surface area contributed by atoms with E-state index in [9.17, 15) is 9.59 Å². The summed E-state index contributed by atoms with van der Waals surface area (Å²) < 4.78 is 0. The monoisotopic (exact) mass is 292 g/mol. The molecule has 0 spiro atoms. The van der Waals surface area contributed by atoms with Gasteiger partial charge in [0.05, 0.1) is 5.56 Å². The number of nitrogens with one attached hydrogen (secondary N) is 2. The lowest BCUT2D eigenvalue weighted by Gasteiger charge is -2.16. The fourth-order valence-corrected chi connectivity index (χ4v) is 1.97. The van der Waals surface area contributed by atoms with Gasteiger partial charge in [0.15, 0.2) is 0 Å². The highest BCUT2D eigenvalue weighted by molar-refractivity contribution is 5.92. The molecule has 0 fully saturated rings. The first kappa shape index (κ1) is 17.0. The number of aryl methyl sites for hydroxylation is 1. The highest BCUT2D eigenvalue weighted by Crippen LogP contribution is 2.16. The van der Waals surface area contributed by atoms with E-state index in [-0.39, 0.29) is 17.6 Å². The molecule has 5 heteroatoms. The zero-order valence-electron chi connectivity index (χ0n) is 13.1. The fourth-order valence-electron chi connectivity index (χ4n) is 1.97. The lowest BCUT2D eigenvalue weighted by molar-refractivity contribution is 0.0697. The number of carbonyl (C=O) groups excluding carboxylic acids is 1. The fraction of sp³-hybridized carbons (Fsp3) is 0.500. The first-order valence-corrected chi connectivity index (χ1v) is 7.21. The van der Waals surface area contributed by atoms with Crippen molar-refractivity contribution in [2.75, 3.05) is 5.32 Å². The van der Waals surface area contributed by atoms with Gasteiger partial charge >= 0.3 is 12.0 Å². The Morgan fingerprint density at radius 1 is 1.19 bits per heavy atom. The number of aromatic carboxylic acids is 1. The normalized spacial score (nSPS) is 12.0. The van der Waals surface area contributed by atoms with Crippen molar-refractivity contribution in [1.29, 1.82) is 0 Å². The van der Waals surface area contributed by atoms with Crippen molar-refractivity contribution in [1.82, 2.24) is 5.32 Å². The van der Waals surface area contributed by atoms with Crippen LogP contribution < -0.4 is 10.6 Å². The number of carbonyl (C=O) groups is 2. The van der Waals surface area contributed by atoms with Crippen LogP contribution in [0.4, 0.5) is 10.5 Å². The second-order valence-corrected chi connectivity index (χ2v) is 5.81. The minimum atomic E-state index is -0.976. The summed E-state index contributed by atoms with van der Waals surface area (Å²) in [5.41, 5.74) is 1.55. The number of anilines is 1. The van der Waals surface area contributed by atoms with Gasteiger partial charge in [-0.25, -0.2) is 9.59 Å². The van der Waals surface area contributed by atoms with E-state index in [4.69, 9.17) is 5.11 Å². The van der Waals surface area contributed by atoms with Crippen LogP contribution in [0.5, 0.6) is 0 Å². The first-order valence-electron chi connectivity index (χ1n) is 7.21. The van der Waals surface area contributed by atoms with E-state index in [2.05, 4.69) is 24.5 Å². The Morgan fingerprint density at radius 2 is 1.86 bits per heavy atom. The van der Waals surface area contributed by atoms with Gasteiger partial charge in [0, 0.05) is 11.7 Å². The predicted octanol–water partition coefficient (Wildman–Crippen LogP) is 3.64. The molecule has 1 rings (SSSR count). The average Bonchev–Trinajstić information content (AvgIpc) is 2.38. The maximum Gasteiger partial charge on any atom is 0.335 e. The van der Waals surface area contributed by atoms with E-state index >= 15 is 0 Å². The largest absolute Gasteiger partial charge is 0.478 e. The summed E-state index contributed by atoms with van der Waals surface area (Å²) in [6.07, 6.45) is 2.00. The van der Waals surface area contributed by atoms with Crippen LogP contribution in [0.2, 0.25) is 0 Å². The number of urea groups is 1. The Kier molecular flexibility index (Phi) is 6.21. The van der Waals surface area contributed by atoms with Crippen molar-refractivity contribution >= 4 is 17.7 Å². The molecular formula is C16H24N2O3. The molecule has 2 amide bonds. The van der Waals surface area contributed by atoms with E-state index in [1.807, 2.05) is 6.92 Å². The molecule has 5 nitrogen and oxygen atoms in total. The van der Waals surface area contributed by atoms with Gasteiger partial charge in [-0.15, -0.1) is 0 Å². The highest BCUT2D eigenvalue weighted by atomic mass is 16.4. The second kappa shape index (κ2) is 7.67. The Balaban J connectivity index is 2.57. The quantitative estimate of drug-likeness (QED) is 0.749. The third kappa shape index (κ3) is 5.85. The first-order chi connectivity index (χ1) is 9.79. The van der Waals surface area contributed by atoms with Crippen molar-refractivity contribution in [3.8, 4) is 0 Å². The van der Waals surface area contributed by atoms with Gasteiger partial charge in [-0.1, -0.05) is 13.8 Å². The summed E-state index contributed by atoms with van der Waals surface area (Å²) in [5, 5.41) is 14.5.